The highest BCUT2D eigenvalue weighted by Crippen LogP contribution is 2.12. The van der Waals surface area contributed by atoms with Crippen LogP contribution in [0.3, 0.4) is 0 Å². The number of nitrogens with zero attached hydrogens (tertiary/aromatic N) is 2. The molecule has 4 nitrogen and oxygen atoms in total. The molecule has 0 radical (unpaired) electrons. The Kier molecular flexibility index (Phi) is 5.18. The Labute approximate surface area is 91.6 Å². The number of nitrogens with one attached hydrogen (secondary N) is 1. The van der Waals surface area contributed by atoms with Crippen molar-refractivity contribution < 1.29 is 4.74 Å². The minimum atomic E-state index is 0.393. The van der Waals surface area contributed by atoms with Crippen molar-refractivity contribution in [2.75, 3.05) is 19.7 Å². The molecule has 86 valence electrons. The second-order valence-electron chi connectivity index (χ2n) is 3.81. The smallest absolute Gasteiger partial charge is 0.157 e. The summed E-state index contributed by atoms with van der Waals surface area (Å²) in [6.07, 6.45) is 4.74. The van der Waals surface area contributed by atoms with Crippen molar-refractivity contribution in [3.63, 3.8) is 0 Å². The van der Waals surface area contributed by atoms with Gasteiger partial charge in [0.1, 0.15) is 0 Å². The lowest BCUT2D eigenvalue weighted by Gasteiger charge is -2.04. The van der Waals surface area contributed by atoms with Crippen molar-refractivity contribution in [1.29, 1.82) is 0 Å². The molecule has 1 heterocycles. The fourth-order valence-electron chi connectivity index (χ4n) is 1.24. The number of ether oxygens (including phenoxy) is 1. The number of hydrogen-bond donors (Lipinski definition) is 1. The van der Waals surface area contributed by atoms with Crippen LogP contribution >= 0.6 is 0 Å². The van der Waals surface area contributed by atoms with Gasteiger partial charge >= 0.3 is 0 Å². The molecule has 0 fully saturated rings. The molecule has 0 saturated carbocycles. The van der Waals surface area contributed by atoms with E-state index in [0.717, 1.165) is 31.9 Å². The molecule has 1 aromatic heterocycles. The van der Waals surface area contributed by atoms with Crippen molar-refractivity contribution in [3.8, 4) is 5.75 Å². The van der Waals surface area contributed by atoms with Gasteiger partial charge in [-0.1, -0.05) is 6.92 Å². The topological polar surface area (TPSA) is 39.1 Å². The average molecular weight is 211 g/mol. The van der Waals surface area contributed by atoms with Gasteiger partial charge in [0.2, 0.25) is 0 Å². The molecule has 0 aromatic carbocycles. The quantitative estimate of drug-likeness (QED) is 0.699. The fourth-order valence-corrected chi connectivity index (χ4v) is 1.24. The highest BCUT2D eigenvalue weighted by Gasteiger charge is 2.01. The van der Waals surface area contributed by atoms with E-state index < -0.39 is 0 Å². The number of aromatic nitrogens is 2. The van der Waals surface area contributed by atoms with Crippen LogP contribution in [0.4, 0.5) is 0 Å². The molecule has 0 atom stereocenters. The van der Waals surface area contributed by atoms with Crippen molar-refractivity contribution in [3.05, 3.63) is 12.4 Å². The summed E-state index contributed by atoms with van der Waals surface area (Å²) in [6.45, 7) is 9.08. The van der Waals surface area contributed by atoms with Gasteiger partial charge in [-0.05, 0) is 33.4 Å². The van der Waals surface area contributed by atoms with Crippen LogP contribution in [0.2, 0.25) is 0 Å². The highest BCUT2D eigenvalue weighted by atomic mass is 16.5. The second-order valence-corrected chi connectivity index (χ2v) is 3.81. The van der Waals surface area contributed by atoms with Crippen LogP contribution in [0.5, 0.6) is 5.75 Å². The molecule has 0 aliphatic rings. The van der Waals surface area contributed by atoms with Crippen molar-refractivity contribution >= 4 is 0 Å². The highest BCUT2D eigenvalue weighted by molar-refractivity contribution is 5.11. The summed E-state index contributed by atoms with van der Waals surface area (Å²) in [5.74, 6) is 0.861. The van der Waals surface area contributed by atoms with Crippen molar-refractivity contribution in [2.45, 2.75) is 33.2 Å². The first kappa shape index (κ1) is 12.0. The Balaban J connectivity index is 2.20. The van der Waals surface area contributed by atoms with Crippen LogP contribution in [0.1, 0.15) is 33.2 Å². The molecule has 0 saturated heterocycles. The minimum Gasteiger partial charge on any atom is -0.490 e. The summed E-state index contributed by atoms with van der Waals surface area (Å²) in [4.78, 5) is 0. The molecule has 0 amide bonds. The van der Waals surface area contributed by atoms with Gasteiger partial charge in [-0.25, -0.2) is 0 Å². The van der Waals surface area contributed by atoms with Gasteiger partial charge in [-0.15, -0.1) is 0 Å². The summed E-state index contributed by atoms with van der Waals surface area (Å²) in [5.41, 5.74) is 0. The van der Waals surface area contributed by atoms with E-state index in [1.54, 1.807) is 6.20 Å². The maximum Gasteiger partial charge on any atom is 0.157 e. The van der Waals surface area contributed by atoms with Crippen LogP contribution < -0.4 is 10.1 Å². The van der Waals surface area contributed by atoms with Crippen molar-refractivity contribution in [1.82, 2.24) is 15.1 Å². The normalized spacial score (nSPS) is 10.9. The van der Waals surface area contributed by atoms with E-state index in [1.165, 1.54) is 0 Å². The van der Waals surface area contributed by atoms with Gasteiger partial charge in [0, 0.05) is 6.04 Å². The first-order chi connectivity index (χ1) is 7.24. The van der Waals surface area contributed by atoms with E-state index in [2.05, 4.69) is 31.2 Å². The van der Waals surface area contributed by atoms with Gasteiger partial charge in [-0.3, -0.25) is 4.68 Å². The second kappa shape index (κ2) is 6.45. The molecule has 0 unspecified atom stereocenters. The molecular formula is C11H21N3O. The van der Waals surface area contributed by atoms with E-state index in [9.17, 15) is 0 Å². The van der Waals surface area contributed by atoms with Crippen LogP contribution in [0, 0.1) is 0 Å². The molecule has 0 aliphatic carbocycles. The number of hydrogen-bond acceptors (Lipinski definition) is 3. The summed E-state index contributed by atoms with van der Waals surface area (Å²) in [5, 5.41) is 7.46. The zero-order chi connectivity index (χ0) is 11.1. The summed E-state index contributed by atoms with van der Waals surface area (Å²) in [7, 11) is 0. The standard InChI is InChI=1S/C11H21N3O/c1-4-12-6-5-7-15-11-8-13-14(9-11)10(2)3/h8-10,12H,4-7H2,1-3H3. The third kappa shape index (κ3) is 4.34. The summed E-state index contributed by atoms with van der Waals surface area (Å²) in [6, 6.07) is 0.393. The lowest BCUT2D eigenvalue weighted by atomic mass is 10.4. The first-order valence-corrected chi connectivity index (χ1v) is 5.61. The molecular weight excluding hydrogens is 190 g/mol. The number of rotatable bonds is 7. The Morgan fingerprint density at radius 2 is 2.33 bits per heavy atom. The van der Waals surface area contributed by atoms with Crippen LogP contribution in [0.15, 0.2) is 12.4 Å². The van der Waals surface area contributed by atoms with Crippen LogP contribution in [0.25, 0.3) is 0 Å². The van der Waals surface area contributed by atoms with E-state index in [-0.39, 0.29) is 0 Å². The van der Waals surface area contributed by atoms with Crippen LogP contribution in [-0.2, 0) is 0 Å². The lowest BCUT2D eigenvalue weighted by molar-refractivity contribution is 0.308. The van der Waals surface area contributed by atoms with Crippen LogP contribution in [-0.4, -0.2) is 29.5 Å². The Hall–Kier alpha value is -1.03. The van der Waals surface area contributed by atoms with E-state index in [0.29, 0.717) is 6.04 Å². The zero-order valence-electron chi connectivity index (χ0n) is 9.86. The molecule has 1 N–H and O–H groups in total. The third-order valence-corrected chi connectivity index (χ3v) is 2.12. The van der Waals surface area contributed by atoms with Gasteiger partial charge in [0.15, 0.2) is 5.75 Å². The molecule has 0 spiro atoms. The molecule has 15 heavy (non-hydrogen) atoms. The van der Waals surface area contributed by atoms with E-state index in [1.807, 2.05) is 10.9 Å². The Morgan fingerprint density at radius 3 is 2.93 bits per heavy atom. The molecule has 1 aromatic rings. The van der Waals surface area contributed by atoms with E-state index in [4.69, 9.17) is 4.74 Å². The Morgan fingerprint density at radius 1 is 1.53 bits per heavy atom. The maximum absolute atomic E-state index is 5.56. The SMILES string of the molecule is CCNCCCOc1cnn(C(C)C)c1. The van der Waals surface area contributed by atoms with Crippen molar-refractivity contribution in [2.24, 2.45) is 0 Å². The van der Waals surface area contributed by atoms with Gasteiger partial charge in [0.25, 0.3) is 0 Å². The maximum atomic E-state index is 5.56. The monoisotopic (exact) mass is 211 g/mol. The molecule has 4 heteroatoms. The minimum absolute atomic E-state index is 0.393. The predicted octanol–water partition coefficient (Wildman–Crippen LogP) is 1.84. The first-order valence-electron chi connectivity index (χ1n) is 5.61. The molecule has 0 bridgehead atoms. The van der Waals surface area contributed by atoms with Gasteiger partial charge in [0.05, 0.1) is 19.0 Å². The zero-order valence-corrected chi connectivity index (χ0v) is 9.86. The largest absolute Gasteiger partial charge is 0.490 e. The summed E-state index contributed by atoms with van der Waals surface area (Å²) < 4.78 is 7.46. The Bertz CT molecular complexity index is 271. The van der Waals surface area contributed by atoms with Gasteiger partial charge in [-0.2, -0.15) is 5.10 Å². The summed E-state index contributed by atoms with van der Waals surface area (Å²) >= 11 is 0. The van der Waals surface area contributed by atoms with Gasteiger partial charge < -0.3 is 10.1 Å². The average Bonchev–Trinajstić information content (AvgIpc) is 2.66. The molecule has 0 aliphatic heterocycles. The third-order valence-electron chi connectivity index (χ3n) is 2.12. The predicted molar refractivity (Wildman–Crippen MR) is 61.3 cm³/mol. The molecule has 1 rings (SSSR count). The lowest BCUT2D eigenvalue weighted by Crippen LogP contribution is -2.16. The fraction of sp³-hybridized carbons (Fsp3) is 0.727. The van der Waals surface area contributed by atoms with E-state index >= 15 is 0 Å².